The van der Waals surface area contributed by atoms with Crippen molar-refractivity contribution in [2.45, 2.75) is 24.9 Å². The maximum absolute atomic E-state index is 12.0. The Hall–Kier alpha value is -1.80. The van der Waals surface area contributed by atoms with Crippen molar-refractivity contribution in [2.24, 2.45) is 0 Å². The second-order valence-corrected chi connectivity index (χ2v) is 5.42. The van der Waals surface area contributed by atoms with Crippen LogP contribution in [-0.2, 0) is 11.1 Å². The summed E-state index contributed by atoms with van der Waals surface area (Å²) in [6.45, 7) is 2.81. The van der Waals surface area contributed by atoms with E-state index in [1.165, 1.54) is 13.8 Å². The van der Waals surface area contributed by atoms with E-state index in [9.17, 15) is 20.8 Å². The summed E-state index contributed by atoms with van der Waals surface area (Å²) in [5, 5.41) is 43.0. The minimum Gasteiger partial charge on any atom is -0.761 e. The molecule has 0 aliphatic rings. The molecule has 2 aromatic carbocycles. The minimum absolute atomic E-state index is 0.281. The maximum atomic E-state index is 12.0. The smallest absolute Gasteiger partial charge is 0.0781 e. The van der Waals surface area contributed by atoms with Crippen LogP contribution in [0.3, 0.4) is 0 Å². The lowest BCUT2D eigenvalue weighted by atomic mass is 9.71. The van der Waals surface area contributed by atoms with Gasteiger partial charge in [-0.2, -0.15) is 0 Å². The van der Waals surface area contributed by atoms with E-state index in [2.05, 4.69) is 0 Å². The molecule has 2 atom stereocenters. The topological polar surface area (TPSA) is 93.1 Å². The molecule has 6 nitrogen and oxygen atoms in total. The minimum atomic E-state index is -1.73. The molecular formula is C16H18N2O4-2. The molecule has 0 radical (unpaired) electrons. The third-order valence-corrected chi connectivity index (χ3v) is 4.38. The summed E-state index contributed by atoms with van der Waals surface area (Å²) in [5.41, 5.74) is -2.67. The van der Waals surface area contributed by atoms with Crippen LogP contribution in [-0.4, -0.2) is 20.9 Å². The van der Waals surface area contributed by atoms with Crippen LogP contribution in [0, 0.1) is 10.4 Å². The Morgan fingerprint density at radius 2 is 0.955 bits per heavy atom. The molecule has 0 spiro atoms. The first-order chi connectivity index (χ1) is 10.3. The Balaban J connectivity index is 2.72. The van der Waals surface area contributed by atoms with Crippen molar-refractivity contribution in [3.63, 3.8) is 0 Å². The monoisotopic (exact) mass is 302 g/mol. The molecule has 22 heavy (non-hydrogen) atoms. The molecule has 2 N–H and O–H groups in total. The summed E-state index contributed by atoms with van der Waals surface area (Å²) in [7, 11) is 0. The summed E-state index contributed by atoms with van der Waals surface area (Å²) >= 11 is 0. The van der Waals surface area contributed by atoms with E-state index >= 15 is 0 Å². The van der Waals surface area contributed by atoms with Crippen LogP contribution in [0.25, 0.3) is 0 Å². The lowest BCUT2D eigenvalue weighted by Crippen LogP contribution is -2.60. The van der Waals surface area contributed by atoms with Crippen LogP contribution in [0.4, 0.5) is 0 Å². The van der Waals surface area contributed by atoms with Crippen molar-refractivity contribution in [2.75, 3.05) is 0 Å². The van der Waals surface area contributed by atoms with E-state index in [4.69, 9.17) is 0 Å². The van der Waals surface area contributed by atoms with E-state index in [0.717, 1.165) is 0 Å². The Bertz CT molecular complexity index is 551. The first-order valence-corrected chi connectivity index (χ1v) is 6.78. The number of rotatable bonds is 5. The largest absolute Gasteiger partial charge is 0.761 e. The number of nitrogens with zero attached hydrogens (tertiary/aromatic N) is 2. The number of hydrogen-bond acceptors (Lipinski definition) is 6. The molecule has 0 aliphatic heterocycles. The van der Waals surface area contributed by atoms with Gasteiger partial charge in [-0.1, -0.05) is 60.7 Å². The second kappa shape index (κ2) is 6.13. The summed E-state index contributed by atoms with van der Waals surface area (Å²) in [6, 6.07) is 16.7. The molecule has 2 aromatic rings. The number of hydrogen-bond donors (Lipinski definition) is 2. The average molecular weight is 302 g/mol. The van der Waals surface area contributed by atoms with Gasteiger partial charge in [0.15, 0.2) is 0 Å². The zero-order chi connectivity index (χ0) is 16.4. The molecule has 0 amide bonds. The van der Waals surface area contributed by atoms with Crippen LogP contribution in [0.1, 0.15) is 25.0 Å². The molecular weight excluding hydrogens is 284 g/mol. The highest BCUT2D eigenvalue weighted by molar-refractivity contribution is 5.36. The van der Waals surface area contributed by atoms with Gasteiger partial charge >= 0.3 is 0 Å². The molecule has 0 fully saturated rings. The van der Waals surface area contributed by atoms with Crippen LogP contribution in [0.15, 0.2) is 60.7 Å². The van der Waals surface area contributed by atoms with Gasteiger partial charge in [0.2, 0.25) is 0 Å². The molecule has 0 saturated carbocycles. The zero-order valence-electron chi connectivity index (χ0n) is 12.4. The van der Waals surface area contributed by atoms with Gasteiger partial charge < -0.3 is 20.8 Å². The van der Waals surface area contributed by atoms with E-state index in [0.29, 0.717) is 11.1 Å². The highest BCUT2D eigenvalue weighted by Gasteiger charge is 2.49. The molecule has 0 bridgehead atoms. The first kappa shape index (κ1) is 16.6. The fraction of sp³-hybridized carbons (Fsp3) is 0.250. The maximum Gasteiger partial charge on any atom is 0.0781 e. The normalized spacial score (nSPS) is 17.3. The SMILES string of the molecule is C[C@](c1ccccc1)(N([O-])O)[C@@](C)(c1ccccc1)N([O-])O. The summed E-state index contributed by atoms with van der Waals surface area (Å²) < 4.78 is 0. The van der Waals surface area contributed by atoms with E-state index in [-0.39, 0.29) is 10.5 Å². The molecule has 2 rings (SSSR count). The van der Waals surface area contributed by atoms with Gasteiger partial charge in [-0.15, -0.1) is 0 Å². The lowest BCUT2D eigenvalue weighted by molar-refractivity contribution is -0.241. The number of benzene rings is 2. The van der Waals surface area contributed by atoms with E-state index in [1.807, 2.05) is 0 Å². The predicted molar refractivity (Wildman–Crippen MR) is 81.6 cm³/mol. The quantitative estimate of drug-likeness (QED) is 0.824. The first-order valence-electron chi connectivity index (χ1n) is 6.78. The van der Waals surface area contributed by atoms with Crippen LogP contribution in [0.5, 0.6) is 0 Å². The van der Waals surface area contributed by atoms with Crippen molar-refractivity contribution in [3.8, 4) is 0 Å². The summed E-state index contributed by atoms with van der Waals surface area (Å²) in [6.07, 6.45) is 0. The molecule has 0 unspecified atom stereocenters. The van der Waals surface area contributed by atoms with Gasteiger partial charge in [-0.05, 0) is 25.0 Å². The van der Waals surface area contributed by atoms with Crippen molar-refractivity contribution in [1.29, 1.82) is 0 Å². The third-order valence-electron chi connectivity index (χ3n) is 4.38. The van der Waals surface area contributed by atoms with Gasteiger partial charge in [-0.25, -0.2) is 0 Å². The van der Waals surface area contributed by atoms with Crippen molar-refractivity contribution >= 4 is 0 Å². The highest BCUT2D eigenvalue weighted by atomic mass is 16.8. The second-order valence-electron chi connectivity index (χ2n) is 5.42. The summed E-state index contributed by atoms with van der Waals surface area (Å²) in [4.78, 5) is 0. The van der Waals surface area contributed by atoms with Gasteiger partial charge in [0, 0.05) is 0 Å². The van der Waals surface area contributed by atoms with Gasteiger partial charge in [0.05, 0.1) is 11.1 Å². The van der Waals surface area contributed by atoms with Crippen LogP contribution >= 0.6 is 0 Å². The fourth-order valence-electron chi connectivity index (χ4n) is 2.68. The summed E-state index contributed by atoms with van der Waals surface area (Å²) in [5.74, 6) is 0. The highest BCUT2D eigenvalue weighted by Crippen LogP contribution is 2.47. The van der Waals surface area contributed by atoms with Crippen LogP contribution in [0.2, 0.25) is 0 Å². The van der Waals surface area contributed by atoms with Crippen molar-refractivity contribution in [1.82, 2.24) is 10.5 Å². The van der Waals surface area contributed by atoms with Crippen LogP contribution < -0.4 is 0 Å². The molecule has 118 valence electrons. The molecule has 0 aromatic heterocycles. The zero-order valence-corrected chi connectivity index (χ0v) is 12.4. The third kappa shape index (κ3) is 2.42. The Kier molecular flexibility index (Phi) is 4.62. The Labute approximate surface area is 128 Å². The van der Waals surface area contributed by atoms with Crippen molar-refractivity contribution < 1.29 is 10.4 Å². The standard InChI is InChI=1S/C16H18N2O4/c1-15(17(19)20,13-9-5-3-6-10-13)16(2,18(21)22)14-11-7-4-8-12-14/h3-12,19,21H,1-2H3/q-2/t15-,16-/m1/s1. The van der Waals surface area contributed by atoms with E-state index in [1.54, 1.807) is 60.7 Å². The van der Waals surface area contributed by atoms with Gasteiger partial charge in [0.25, 0.3) is 0 Å². The van der Waals surface area contributed by atoms with Gasteiger partial charge in [-0.3, -0.25) is 10.5 Å². The Morgan fingerprint density at radius 1 is 0.682 bits per heavy atom. The molecule has 0 heterocycles. The molecule has 0 saturated heterocycles. The number of hydroxylamine groups is 4. The van der Waals surface area contributed by atoms with Crippen molar-refractivity contribution in [3.05, 3.63) is 82.2 Å². The lowest BCUT2D eigenvalue weighted by Gasteiger charge is -2.58. The molecule has 0 aliphatic carbocycles. The fourth-order valence-corrected chi connectivity index (χ4v) is 2.68. The predicted octanol–water partition coefficient (Wildman–Crippen LogP) is 3.20. The molecule has 6 heteroatoms. The van der Waals surface area contributed by atoms with Gasteiger partial charge in [0.1, 0.15) is 0 Å². The van der Waals surface area contributed by atoms with E-state index < -0.39 is 11.1 Å². The Morgan fingerprint density at radius 3 is 1.18 bits per heavy atom. The average Bonchev–Trinajstić information content (AvgIpc) is 2.54.